The van der Waals surface area contributed by atoms with Gasteiger partial charge in [-0.15, -0.1) is 0 Å². The normalized spacial score (nSPS) is 8.93. The maximum atomic E-state index is 7.52. The van der Waals surface area contributed by atoms with Crippen molar-refractivity contribution in [2.45, 2.75) is 60.3 Å². The summed E-state index contributed by atoms with van der Waals surface area (Å²) in [5, 5.41) is 7.52. The highest BCUT2D eigenvalue weighted by atomic mass is 15.1. The Kier molecular flexibility index (Phi) is 14.2. The summed E-state index contributed by atoms with van der Waals surface area (Å²) in [4.78, 5) is 2.16. The SMILES string of the molecule is CC.CCCCCN(CCC)C(C)=N. The highest BCUT2D eigenvalue weighted by Gasteiger charge is 2.02. The zero-order valence-electron chi connectivity index (χ0n) is 10.7. The first kappa shape index (κ1) is 15.9. The molecule has 14 heavy (non-hydrogen) atoms. The van der Waals surface area contributed by atoms with Gasteiger partial charge in [0.15, 0.2) is 0 Å². The van der Waals surface area contributed by atoms with Gasteiger partial charge < -0.3 is 4.90 Å². The van der Waals surface area contributed by atoms with Crippen LogP contribution >= 0.6 is 0 Å². The first-order valence-electron chi connectivity index (χ1n) is 6.02. The predicted molar refractivity (Wildman–Crippen MR) is 66.1 cm³/mol. The van der Waals surface area contributed by atoms with Crippen molar-refractivity contribution in [2.24, 2.45) is 0 Å². The van der Waals surface area contributed by atoms with E-state index in [2.05, 4.69) is 18.7 Å². The standard InChI is InChI=1S/C10H22N2.C2H6/c1-4-6-7-9-12(8-5-2)10(3)11;1-2/h11H,4-9H2,1-3H3;1-2H3. The highest BCUT2D eigenvalue weighted by molar-refractivity contribution is 5.76. The Bertz CT molecular complexity index is 121. The third kappa shape index (κ3) is 9.56. The van der Waals surface area contributed by atoms with E-state index in [1.54, 1.807) is 0 Å². The summed E-state index contributed by atoms with van der Waals surface area (Å²) < 4.78 is 0. The van der Waals surface area contributed by atoms with Gasteiger partial charge in [-0.2, -0.15) is 0 Å². The van der Waals surface area contributed by atoms with E-state index in [-0.39, 0.29) is 0 Å². The lowest BCUT2D eigenvalue weighted by Crippen LogP contribution is -2.29. The second-order valence-electron chi connectivity index (χ2n) is 3.28. The molecule has 0 radical (unpaired) electrons. The van der Waals surface area contributed by atoms with E-state index in [0.29, 0.717) is 5.84 Å². The van der Waals surface area contributed by atoms with E-state index < -0.39 is 0 Å². The molecule has 0 amide bonds. The van der Waals surface area contributed by atoms with Crippen LogP contribution in [0.25, 0.3) is 0 Å². The summed E-state index contributed by atoms with van der Waals surface area (Å²) in [6, 6.07) is 0. The minimum atomic E-state index is 0.716. The summed E-state index contributed by atoms with van der Waals surface area (Å²) in [6.07, 6.45) is 4.92. The maximum absolute atomic E-state index is 7.52. The molecule has 0 rings (SSSR count). The molecule has 0 aliphatic rings. The lowest BCUT2D eigenvalue weighted by molar-refractivity contribution is 0.398. The Morgan fingerprint density at radius 2 is 1.57 bits per heavy atom. The van der Waals surface area contributed by atoms with Crippen molar-refractivity contribution in [3.63, 3.8) is 0 Å². The smallest absolute Gasteiger partial charge is 0.0925 e. The van der Waals surface area contributed by atoms with E-state index >= 15 is 0 Å². The van der Waals surface area contributed by atoms with Crippen LogP contribution in [-0.2, 0) is 0 Å². The van der Waals surface area contributed by atoms with Crippen LogP contribution in [0.4, 0.5) is 0 Å². The molecule has 0 aromatic carbocycles. The maximum Gasteiger partial charge on any atom is 0.0925 e. The molecule has 0 aliphatic heterocycles. The molecule has 0 bridgehead atoms. The molecule has 0 aromatic heterocycles. The number of nitrogens with zero attached hydrogens (tertiary/aromatic N) is 1. The molecule has 2 nitrogen and oxygen atoms in total. The molecule has 0 aromatic rings. The molecule has 0 saturated carbocycles. The summed E-state index contributed by atoms with van der Waals surface area (Å²) in [7, 11) is 0. The van der Waals surface area contributed by atoms with Crippen LogP contribution in [0, 0.1) is 5.41 Å². The number of amidine groups is 1. The van der Waals surface area contributed by atoms with Crippen molar-refractivity contribution >= 4 is 5.84 Å². The molecule has 0 atom stereocenters. The van der Waals surface area contributed by atoms with Gasteiger partial charge in [-0.25, -0.2) is 0 Å². The topological polar surface area (TPSA) is 27.1 Å². The minimum Gasteiger partial charge on any atom is -0.361 e. The molecule has 0 heterocycles. The molecule has 2 heteroatoms. The van der Waals surface area contributed by atoms with E-state index in [0.717, 1.165) is 19.5 Å². The van der Waals surface area contributed by atoms with Crippen molar-refractivity contribution in [1.82, 2.24) is 4.90 Å². The average Bonchev–Trinajstić information content (AvgIpc) is 2.20. The Morgan fingerprint density at radius 3 is 1.93 bits per heavy atom. The van der Waals surface area contributed by atoms with E-state index in [9.17, 15) is 0 Å². The monoisotopic (exact) mass is 200 g/mol. The highest BCUT2D eigenvalue weighted by Crippen LogP contribution is 1.99. The van der Waals surface area contributed by atoms with Crippen LogP contribution in [0.5, 0.6) is 0 Å². The summed E-state index contributed by atoms with van der Waals surface area (Å²) in [5.74, 6) is 0.716. The molecule has 0 spiro atoms. The van der Waals surface area contributed by atoms with Gasteiger partial charge in [0.2, 0.25) is 0 Å². The summed E-state index contributed by atoms with van der Waals surface area (Å²) in [5.41, 5.74) is 0. The third-order valence-electron chi connectivity index (χ3n) is 2.00. The minimum absolute atomic E-state index is 0.716. The first-order chi connectivity index (χ1) is 6.72. The third-order valence-corrected chi connectivity index (χ3v) is 2.00. The predicted octanol–water partition coefficient (Wildman–Crippen LogP) is 3.91. The number of nitrogens with one attached hydrogen (secondary N) is 1. The summed E-state index contributed by atoms with van der Waals surface area (Å²) >= 11 is 0. The van der Waals surface area contributed by atoms with Crippen LogP contribution < -0.4 is 0 Å². The number of unbranched alkanes of at least 4 members (excludes halogenated alkanes) is 2. The van der Waals surface area contributed by atoms with Crippen LogP contribution in [0.1, 0.15) is 60.3 Å². The fourth-order valence-electron chi connectivity index (χ4n) is 1.27. The zero-order chi connectivity index (χ0) is 11.4. The van der Waals surface area contributed by atoms with Crippen LogP contribution in [-0.4, -0.2) is 23.8 Å². The lowest BCUT2D eigenvalue weighted by atomic mass is 10.2. The fraction of sp³-hybridized carbons (Fsp3) is 0.917. The number of hydrogen-bond acceptors (Lipinski definition) is 1. The van der Waals surface area contributed by atoms with Crippen molar-refractivity contribution in [2.75, 3.05) is 13.1 Å². The van der Waals surface area contributed by atoms with Gasteiger partial charge in [-0.3, -0.25) is 5.41 Å². The molecular formula is C12H28N2. The largest absolute Gasteiger partial charge is 0.361 e. The van der Waals surface area contributed by atoms with Crippen molar-refractivity contribution in [3.8, 4) is 0 Å². The van der Waals surface area contributed by atoms with Gasteiger partial charge >= 0.3 is 0 Å². The number of hydrogen-bond donors (Lipinski definition) is 1. The van der Waals surface area contributed by atoms with Gasteiger partial charge in [-0.05, 0) is 19.8 Å². The molecule has 0 saturated heterocycles. The lowest BCUT2D eigenvalue weighted by Gasteiger charge is -2.22. The molecule has 86 valence electrons. The summed E-state index contributed by atoms with van der Waals surface area (Å²) in [6.45, 7) is 12.4. The Hall–Kier alpha value is -0.530. The second-order valence-corrected chi connectivity index (χ2v) is 3.28. The second kappa shape index (κ2) is 12.5. The fourth-order valence-corrected chi connectivity index (χ4v) is 1.27. The first-order valence-corrected chi connectivity index (χ1v) is 6.02. The Morgan fingerprint density at radius 1 is 1.00 bits per heavy atom. The molecule has 1 N–H and O–H groups in total. The van der Waals surface area contributed by atoms with Gasteiger partial charge in [-0.1, -0.05) is 40.5 Å². The van der Waals surface area contributed by atoms with E-state index in [4.69, 9.17) is 5.41 Å². The number of rotatable bonds is 6. The van der Waals surface area contributed by atoms with Crippen molar-refractivity contribution in [1.29, 1.82) is 5.41 Å². The van der Waals surface area contributed by atoms with E-state index in [1.165, 1.54) is 19.3 Å². The molecular weight excluding hydrogens is 172 g/mol. The van der Waals surface area contributed by atoms with E-state index in [1.807, 2.05) is 20.8 Å². The molecule has 0 unspecified atom stereocenters. The average molecular weight is 200 g/mol. The molecule has 0 fully saturated rings. The van der Waals surface area contributed by atoms with Gasteiger partial charge in [0.25, 0.3) is 0 Å². The van der Waals surface area contributed by atoms with Gasteiger partial charge in [0.05, 0.1) is 5.84 Å². The van der Waals surface area contributed by atoms with Crippen LogP contribution in [0.2, 0.25) is 0 Å². The Labute approximate surface area is 90.2 Å². The molecule has 0 aliphatic carbocycles. The van der Waals surface area contributed by atoms with Crippen molar-refractivity contribution in [3.05, 3.63) is 0 Å². The van der Waals surface area contributed by atoms with Crippen LogP contribution in [0.3, 0.4) is 0 Å². The quantitative estimate of drug-likeness (QED) is 0.393. The van der Waals surface area contributed by atoms with Crippen molar-refractivity contribution < 1.29 is 0 Å². The Balaban J connectivity index is 0. The van der Waals surface area contributed by atoms with Gasteiger partial charge in [0.1, 0.15) is 0 Å². The van der Waals surface area contributed by atoms with Gasteiger partial charge in [0, 0.05) is 13.1 Å². The zero-order valence-corrected chi connectivity index (χ0v) is 10.7. The van der Waals surface area contributed by atoms with Crippen LogP contribution in [0.15, 0.2) is 0 Å².